The standard InChI is InChI=1S/C20H29N5O/c1-20(13-21,14-9-10-14)23-18(26)12-25-11-5-8-17(25)19-22-15-6-3-4-7-16(15)24(19)2/h14,17H,3-12H2,1-2H3,(H,23,26). The van der Waals surface area contributed by atoms with Gasteiger partial charge in [-0.25, -0.2) is 4.98 Å². The highest BCUT2D eigenvalue weighted by Crippen LogP contribution is 2.39. The molecule has 1 aromatic rings. The summed E-state index contributed by atoms with van der Waals surface area (Å²) in [7, 11) is 2.13. The molecule has 2 atom stereocenters. The number of likely N-dealkylation sites (tertiary alicyclic amines) is 1. The first-order valence-electron chi connectivity index (χ1n) is 10.0. The number of aromatic nitrogens is 2. The van der Waals surface area contributed by atoms with Gasteiger partial charge in [-0.05, 0) is 70.8 Å². The van der Waals surface area contributed by atoms with Crippen LogP contribution in [0.1, 0.15) is 68.7 Å². The van der Waals surface area contributed by atoms with E-state index >= 15 is 0 Å². The summed E-state index contributed by atoms with van der Waals surface area (Å²) in [6, 6.07) is 2.53. The van der Waals surface area contributed by atoms with Crippen molar-refractivity contribution in [2.45, 2.75) is 69.9 Å². The van der Waals surface area contributed by atoms with Gasteiger partial charge >= 0.3 is 0 Å². The Balaban J connectivity index is 1.46. The quantitative estimate of drug-likeness (QED) is 0.879. The fraction of sp³-hybridized carbons (Fsp3) is 0.750. The molecule has 0 aromatic carbocycles. The largest absolute Gasteiger partial charge is 0.337 e. The normalized spacial score (nSPS) is 25.3. The lowest BCUT2D eigenvalue weighted by Crippen LogP contribution is -2.50. The zero-order chi connectivity index (χ0) is 18.3. The van der Waals surface area contributed by atoms with Gasteiger partial charge in [-0.15, -0.1) is 0 Å². The predicted octanol–water partition coefficient (Wildman–Crippen LogP) is 2.24. The van der Waals surface area contributed by atoms with E-state index in [1.54, 1.807) is 0 Å². The third-order valence-corrected chi connectivity index (χ3v) is 6.44. The van der Waals surface area contributed by atoms with Gasteiger partial charge in [0.1, 0.15) is 11.4 Å². The average Bonchev–Trinajstić information content (AvgIpc) is 3.33. The van der Waals surface area contributed by atoms with E-state index in [0.717, 1.165) is 50.9 Å². The van der Waals surface area contributed by atoms with Crippen molar-refractivity contribution in [3.8, 4) is 6.07 Å². The van der Waals surface area contributed by atoms with Gasteiger partial charge in [-0.2, -0.15) is 5.26 Å². The maximum absolute atomic E-state index is 12.6. The van der Waals surface area contributed by atoms with Gasteiger partial charge in [0.05, 0.1) is 24.3 Å². The maximum Gasteiger partial charge on any atom is 0.235 e. The Labute approximate surface area is 155 Å². The molecule has 0 radical (unpaired) electrons. The Morgan fingerprint density at radius 2 is 2.08 bits per heavy atom. The SMILES string of the molecule is Cn1c(C2CCCN2CC(=O)NC(C)(C#N)C2CC2)nc2c1CCCC2. The first-order chi connectivity index (χ1) is 12.5. The van der Waals surface area contributed by atoms with Crippen LogP contribution in [-0.4, -0.2) is 39.0 Å². The molecule has 1 aromatic heterocycles. The third-order valence-electron chi connectivity index (χ3n) is 6.44. The molecule has 4 rings (SSSR count). The fourth-order valence-electron chi connectivity index (χ4n) is 4.71. The summed E-state index contributed by atoms with van der Waals surface area (Å²) in [6.07, 6.45) is 8.89. The highest BCUT2D eigenvalue weighted by molar-refractivity contribution is 5.79. The Bertz CT molecular complexity index is 744. The number of amides is 1. The zero-order valence-corrected chi connectivity index (χ0v) is 15.9. The molecule has 1 aliphatic heterocycles. The molecule has 1 N–H and O–H groups in total. The summed E-state index contributed by atoms with van der Waals surface area (Å²) >= 11 is 0. The van der Waals surface area contributed by atoms with Crippen LogP contribution < -0.4 is 5.32 Å². The molecule has 2 aliphatic carbocycles. The van der Waals surface area contributed by atoms with Gasteiger partial charge in [0.2, 0.25) is 5.91 Å². The number of aryl methyl sites for hydroxylation is 1. The Morgan fingerprint density at radius 3 is 2.77 bits per heavy atom. The molecular formula is C20H29N5O. The smallest absolute Gasteiger partial charge is 0.235 e. The summed E-state index contributed by atoms with van der Waals surface area (Å²) in [4.78, 5) is 19.8. The van der Waals surface area contributed by atoms with E-state index in [1.807, 2.05) is 6.92 Å². The topological polar surface area (TPSA) is 74.0 Å². The second-order valence-electron chi connectivity index (χ2n) is 8.39. The van der Waals surface area contributed by atoms with Crippen LogP contribution in [0.3, 0.4) is 0 Å². The van der Waals surface area contributed by atoms with Crippen molar-refractivity contribution >= 4 is 5.91 Å². The Hall–Kier alpha value is -1.87. The number of hydrogen-bond acceptors (Lipinski definition) is 4. The van der Waals surface area contributed by atoms with Gasteiger partial charge in [0.25, 0.3) is 0 Å². The number of rotatable bonds is 5. The van der Waals surface area contributed by atoms with E-state index in [9.17, 15) is 10.1 Å². The van der Waals surface area contributed by atoms with E-state index in [0.29, 0.717) is 12.5 Å². The molecule has 1 saturated heterocycles. The number of hydrogen-bond donors (Lipinski definition) is 1. The molecular weight excluding hydrogens is 326 g/mol. The Morgan fingerprint density at radius 1 is 1.31 bits per heavy atom. The minimum Gasteiger partial charge on any atom is -0.337 e. The summed E-state index contributed by atoms with van der Waals surface area (Å²) in [5, 5.41) is 12.5. The summed E-state index contributed by atoms with van der Waals surface area (Å²) in [5.74, 6) is 1.39. The summed E-state index contributed by atoms with van der Waals surface area (Å²) < 4.78 is 2.28. The highest BCUT2D eigenvalue weighted by Gasteiger charge is 2.43. The number of fused-ring (bicyclic) bond motifs is 1. The second kappa shape index (κ2) is 6.70. The molecule has 6 heteroatoms. The average molecular weight is 355 g/mol. The number of imidazole rings is 1. The lowest BCUT2D eigenvalue weighted by atomic mass is 9.98. The van der Waals surface area contributed by atoms with Crippen LogP contribution in [0.2, 0.25) is 0 Å². The van der Waals surface area contributed by atoms with Crippen LogP contribution in [0.25, 0.3) is 0 Å². The molecule has 3 aliphatic rings. The molecule has 140 valence electrons. The highest BCUT2D eigenvalue weighted by atomic mass is 16.2. The van der Waals surface area contributed by atoms with E-state index in [-0.39, 0.29) is 11.9 Å². The van der Waals surface area contributed by atoms with Crippen LogP contribution >= 0.6 is 0 Å². The minimum absolute atomic E-state index is 0.0353. The van der Waals surface area contributed by atoms with Crippen LogP contribution in [0.4, 0.5) is 0 Å². The Kier molecular flexibility index (Phi) is 4.52. The zero-order valence-electron chi connectivity index (χ0n) is 15.9. The monoisotopic (exact) mass is 355 g/mol. The van der Waals surface area contributed by atoms with E-state index in [4.69, 9.17) is 4.98 Å². The van der Waals surface area contributed by atoms with Gasteiger partial charge < -0.3 is 9.88 Å². The van der Waals surface area contributed by atoms with E-state index in [1.165, 1.54) is 24.2 Å². The molecule has 6 nitrogen and oxygen atoms in total. The van der Waals surface area contributed by atoms with Crippen molar-refractivity contribution in [2.24, 2.45) is 13.0 Å². The van der Waals surface area contributed by atoms with Crippen molar-refractivity contribution in [2.75, 3.05) is 13.1 Å². The lowest BCUT2D eigenvalue weighted by molar-refractivity contribution is -0.123. The summed E-state index contributed by atoms with van der Waals surface area (Å²) in [5.41, 5.74) is 1.93. The first kappa shape index (κ1) is 17.5. The number of nitriles is 1. The van der Waals surface area contributed by atoms with Crippen LogP contribution in [0.5, 0.6) is 0 Å². The molecule has 1 amide bonds. The predicted molar refractivity (Wildman–Crippen MR) is 98.3 cm³/mol. The van der Waals surface area contributed by atoms with Crippen molar-refractivity contribution in [1.29, 1.82) is 5.26 Å². The second-order valence-corrected chi connectivity index (χ2v) is 8.39. The molecule has 2 unspecified atom stereocenters. The molecule has 2 heterocycles. The van der Waals surface area contributed by atoms with Crippen molar-refractivity contribution < 1.29 is 4.79 Å². The van der Waals surface area contributed by atoms with E-state index < -0.39 is 5.54 Å². The minimum atomic E-state index is -0.714. The van der Waals surface area contributed by atoms with Crippen LogP contribution in [-0.2, 0) is 24.7 Å². The van der Waals surface area contributed by atoms with Gasteiger partial charge in [-0.1, -0.05) is 0 Å². The number of nitrogens with one attached hydrogen (secondary N) is 1. The van der Waals surface area contributed by atoms with Gasteiger partial charge in [0.15, 0.2) is 0 Å². The fourth-order valence-corrected chi connectivity index (χ4v) is 4.71. The summed E-state index contributed by atoms with van der Waals surface area (Å²) in [6.45, 7) is 3.13. The molecule has 0 spiro atoms. The lowest BCUT2D eigenvalue weighted by Gasteiger charge is -2.27. The number of carbonyl (C=O) groups excluding carboxylic acids is 1. The number of carbonyl (C=O) groups is 1. The molecule has 0 bridgehead atoms. The van der Waals surface area contributed by atoms with Crippen LogP contribution in [0.15, 0.2) is 0 Å². The maximum atomic E-state index is 12.6. The molecule has 26 heavy (non-hydrogen) atoms. The van der Waals surface area contributed by atoms with Crippen molar-refractivity contribution in [3.05, 3.63) is 17.2 Å². The molecule has 2 fully saturated rings. The molecule has 1 saturated carbocycles. The third kappa shape index (κ3) is 3.14. The first-order valence-corrected chi connectivity index (χ1v) is 10.0. The van der Waals surface area contributed by atoms with Crippen molar-refractivity contribution in [3.63, 3.8) is 0 Å². The van der Waals surface area contributed by atoms with Gasteiger partial charge in [-0.3, -0.25) is 9.69 Å². The van der Waals surface area contributed by atoms with E-state index in [2.05, 4.69) is 27.9 Å². The number of nitrogens with zero attached hydrogens (tertiary/aromatic N) is 4. The van der Waals surface area contributed by atoms with Gasteiger partial charge in [0, 0.05) is 12.7 Å². The van der Waals surface area contributed by atoms with Crippen molar-refractivity contribution in [1.82, 2.24) is 19.8 Å². The van der Waals surface area contributed by atoms with Crippen LogP contribution in [0, 0.1) is 17.2 Å².